The van der Waals surface area contributed by atoms with Gasteiger partial charge in [0.2, 0.25) is 0 Å². The summed E-state index contributed by atoms with van der Waals surface area (Å²) in [7, 11) is -4.41. The summed E-state index contributed by atoms with van der Waals surface area (Å²) in [5.41, 5.74) is 10.3. The van der Waals surface area contributed by atoms with Gasteiger partial charge in [-0.3, -0.25) is 4.55 Å². The van der Waals surface area contributed by atoms with Gasteiger partial charge >= 0.3 is 0 Å². The fourth-order valence-electron chi connectivity index (χ4n) is 3.23. The number of aryl methyl sites for hydroxylation is 1. The third-order valence-corrected chi connectivity index (χ3v) is 7.76. The molecule has 5 rings (SSSR count). The first kappa shape index (κ1) is 19.1. The van der Waals surface area contributed by atoms with Gasteiger partial charge in [0.1, 0.15) is 14.9 Å². The van der Waals surface area contributed by atoms with Crippen LogP contribution in [0.15, 0.2) is 59.5 Å². The van der Waals surface area contributed by atoms with Crippen molar-refractivity contribution in [3.05, 3.63) is 60.2 Å². The van der Waals surface area contributed by atoms with Crippen molar-refractivity contribution in [2.75, 3.05) is 5.73 Å². The Morgan fingerprint density at radius 3 is 2.07 bits per heavy atom. The van der Waals surface area contributed by atoms with Gasteiger partial charge in [0.25, 0.3) is 10.1 Å². The van der Waals surface area contributed by atoms with Gasteiger partial charge in [-0.15, -0.1) is 22.7 Å². The summed E-state index contributed by atoms with van der Waals surface area (Å²) in [6, 6.07) is 16.7. The number of nitrogens with two attached hydrogens (primary N) is 1. The van der Waals surface area contributed by atoms with Crippen LogP contribution in [0, 0.1) is 6.92 Å². The van der Waals surface area contributed by atoms with E-state index >= 15 is 0 Å². The summed E-state index contributed by atoms with van der Waals surface area (Å²) in [4.78, 5) is 9.03. The summed E-state index contributed by atoms with van der Waals surface area (Å²) in [6.07, 6.45) is 0. The first-order valence-corrected chi connectivity index (χ1v) is 12.0. The number of fused-ring (bicyclic) bond motifs is 2. The van der Waals surface area contributed by atoms with Gasteiger partial charge in [0.05, 0.1) is 26.1 Å². The molecule has 150 valence electrons. The van der Waals surface area contributed by atoms with E-state index in [1.165, 1.54) is 29.0 Å². The predicted octanol–water partition coefficient (Wildman–Crippen LogP) is 5.38. The average Bonchev–Trinajstić information content (AvgIpc) is 3.30. The van der Waals surface area contributed by atoms with Crippen LogP contribution in [-0.2, 0) is 10.1 Å². The number of hydrogen-bond acceptors (Lipinski definition) is 7. The smallest absolute Gasteiger partial charge is 0.296 e. The van der Waals surface area contributed by atoms with Crippen LogP contribution in [0.5, 0.6) is 0 Å². The number of rotatable bonds is 3. The monoisotopic (exact) mass is 453 g/mol. The van der Waals surface area contributed by atoms with Crippen molar-refractivity contribution in [3.8, 4) is 21.1 Å². The summed E-state index contributed by atoms with van der Waals surface area (Å²) < 4.78 is 34.6. The zero-order valence-electron chi connectivity index (χ0n) is 15.7. The topological polar surface area (TPSA) is 106 Å². The lowest BCUT2D eigenvalue weighted by molar-refractivity contribution is 0.483. The Kier molecular flexibility index (Phi) is 4.37. The Hall–Kier alpha value is -2.85. The highest BCUT2D eigenvalue weighted by atomic mass is 32.2. The van der Waals surface area contributed by atoms with Crippen molar-refractivity contribution < 1.29 is 13.0 Å². The molecular weight excluding hydrogens is 438 g/mol. The normalized spacial score (nSPS) is 12.1. The fraction of sp³-hybridized carbons (Fsp3) is 0.0476. The molecule has 0 unspecified atom stereocenters. The quantitative estimate of drug-likeness (QED) is 0.281. The standard InChI is InChI=1S/C21H15N3O3S3/c1-11-2-6-15-17(8-11)28-20(23-15)12-4-7-16-18(9-12)29-21(24-16)13-3-5-14(22)19(10-13)30(25,26)27/h2-10H,22H2,1H3,(H,25,26,27). The number of nitrogens with zero attached hydrogens (tertiary/aromatic N) is 2. The SMILES string of the molecule is Cc1ccc2nc(-c3ccc4nc(-c5ccc(N)c(S(=O)(=O)O)c5)sc4c3)sc2c1. The minimum absolute atomic E-state index is 0.00396. The van der Waals surface area contributed by atoms with Crippen LogP contribution >= 0.6 is 22.7 Å². The lowest BCUT2D eigenvalue weighted by Crippen LogP contribution is -2.03. The Bertz CT molecular complexity index is 1550. The molecule has 0 spiro atoms. The highest BCUT2D eigenvalue weighted by Crippen LogP contribution is 2.36. The second kappa shape index (κ2) is 6.85. The number of benzene rings is 3. The molecule has 0 amide bonds. The molecule has 6 nitrogen and oxygen atoms in total. The van der Waals surface area contributed by atoms with Gasteiger partial charge in [0.15, 0.2) is 0 Å². The predicted molar refractivity (Wildman–Crippen MR) is 123 cm³/mol. The Balaban J connectivity index is 1.59. The number of nitrogen functional groups attached to an aromatic ring is 1. The molecule has 2 aromatic heterocycles. The van der Waals surface area contributed by atoms with E-state index in [0.717, 1.165) is 31.0 Å². The molecule has 0 atom stereocenters. The van der Waals surface area contributed by atoms with Crippen molar-refractivity contribution in [2.24, 2.45) is 0 Å². The number of hydrogen-bond donors (Lipinski definition) is 2. The number of anilines is 1. The lowest BCUT2D eigenvalue weighted by atomic mass is 10.2. The first-order chi connectivity index (χ1) is 14.3. The van der Waals surface area contributed by atoms with Crippen LogP contribution in [0.25, 0.3) is 41.6 Å². The first-order valence-electron chi connectivity index (χ1n) is 8.93. The molecular formula is C21H15N3O3S3. The van der Waals surface area contributed by atoms with Crippen molar-refractivity contribution in [1.82, 2.24) is 9.97 Å². The van der Waals surface area contributed by atoms with E-state index in [1.54, 1.807) is 17.4 Å². The van der Waals surface area contributed by atoms with Crippen molar-refractivity contribution >= 4 is 58.9 Å². The Labute approximate surface area is 180 Å². The maximum absolute atomic E-state index is 11.6. The zero-order valence-corrected chi connectivity index (χ0v) is 18.1. The second-order valence-electron chi connectivity index (χ2n) is 6.92. The molecule has 0 aliphatic heterocycles. The van der Waals surface area contributed by atoms with Crippen LogP contribution in [0.3, 0.4) is 0 Å². The molecule has 0 saturated heterocycles. The maximum atomic E-state index is 11.6. The van der Waals surface area contributed by atoms with Crippen molar-refractivity contribution in [1.29, 1.82) is 0 Å². The van der Waals surface area contributed by atoms with E-state index in [9.17, 15) is 13.0 Å². The van der Waals surface area contributed by atoms with E-state index in [2.05, 4.69) is 24.0 Å². The van der Waals surface area contributed by atoms with Gasteiger partial charge in [-0.25, -0.2) is 9.97 Å². The molecule has 0 aliphatic rings. The zero-order chi connectivity index (χ0) is 21.0. The highest BCUT2D eigenvalue weighted by Gasteiger charge is 2.17. The Morgan fingerprint density at radius 2 is 1.40 bits per heavy atom. The molecule has 2 heterocycles. The molecule has 0 saturated carbocycles. The van der Waals surface area contributed by atoms with Gasteiger partial charge in [0, 0.05) is 11.1 Å². The number of thiazole rings is 2. The van der Waals surface area contributed by atoms with Crippen LogP contribution in [0.2, 0.25) is 0 Å². The largest absolute Gasteiger partial charge is 0.398 e. The second-order valence-corrected chi connectivity index (χ2v) is 10.4. The summed E-state index contributed by atoms with van der Waals surface area (Å²) in [5.74, 6) is 0. The summed E-state index contributed by atoms with van der Waals surface area (Å²) in [5, 5.41) is 1.58. The Morgan fingerprint density at radius 1 is 0.833 bits per heavy atom. The van der Waals surface area contributed by atoms with E-state index in [4.69, 9.17) is 10.7 Å². The molecule has 30 heavy (non-hydrogen) atoms. The van der Waals surface area contributed by atoms with Gasteiger partial charge in [-0.05, 0) is 61.0 Å². The van der Waals surface area contributed by atoms with E-state index in [0.29, 0.717) is 10.6 Å². The number of aromatic nitrogens is 2. The molecule has 0 fully saturated rings. The summed E-state index contributed by atoms with van der Waals surface area (Å²) >= 11 is 3.09. The third-order valence-electron chi connectivity index (χ3n) is 4.72. The minimum Gasteiger partial charge on any atom is -0.398 e. The highest BCUT2D eigenvalue weighted by molar-refractivity contribution is 7.86. The van der Waals surface area contributed by atoms with E-state index in [1.807, 2.05) is 24.3 Å². The van der Waals surface area contributed by atoms with Crippen LogP contribution in [0.1, 0.15) is 5.56 Å². The van der Waals surface area contributed by atoms with Gasteiger partial charge in [-0.1, -0.05) is 6.07 Å². The van der Waals surface area contributed by atoms with Crippen molar-refractivity contribution in [2.45, 2.75) is 11.8 Å². The lowest BCUT2D eigenvalue weighted by Gasteiger charge is -2.04. The third kappa shape index (κ3) is 3.35. The average molecular weight is 454 g/mol. The van der Waals surface area contributed by atoms with E-state index < -0.39 is 10.1 Å². The van der Waals surface area contributed by atoms with Crippen molar-refractivity contribution in [3.63, 3.8) is 0 Å². The van der Waals surface area contributed by atoms with Crippen LogP contribution in [0.4, 0.5) is 5.69 Å². The van der Waals surface area contributed by atoms with Gasteiger partial charge < -0.3 is 5.73 Å². The molecule has 0 radical (unpaired) electrons. The minimum atomic E-state index is -4.41. The summed E-state index contributed by atoms with van der Waals surface area (Å²) in [6.45, 7) is 2.06. The van der Waals surface area contributed by atoms with Gasteiger partial charge in [-0.2, -0.15) is 8.42 Å². The fourth-order valence-corrected chi connectivity index (χ4v) is 5.93. The van der Waals surface area contributed by atoms with Crippen LogP contribution in [-0.4, -0.2) is 22.9 Å². The molecule has 9 heteroatoms. The molecule has 3 aromatic carbocycles. The van der Waals surface area contributed by atoms with E-state index in [-0.39, 0.29) is 10.6 Å². The molecule has 0 aliphatic carbocycles. The molecule has 5 aromatic rings. The maximum Gasteiger partial charge on any atom is 0.296 e. The van der Waals surface area contributed by atoms with Crippen LogP contribution < -0.4 is 5.73 Å². The molecule has 3 N–H and O–H groups in total. The molecule has 0 bridgehead atoms.